The average Bonchev–Trinajstić information content (AvgIpc) is 2.67. The summed E-state index contributed by atoms with van der Waals surface area (Å²) in [6.07, 6.45) is 7.20. The molecule has 0 N–H and O–H groups in total. The Morgan fingerprint density at radius 3 is 2.88 bits per heavy atom. The first-order valence-electron chi connectivity index (χ1n) is 6.10. The number of hydrogen-bond donors (Lipinski definition) is 0. The second-order valence-electron chi connectivity index (χ2n) is 4.29. The van der Waals surface area contributed by atoms with Crippen molar-refractivity contribution in [2.24, 2.45) is 0 Å². The van der Waals surface area contributed by atoms with E-state index in [2.05, 4.69) is 30.9 Å². The number of aromatic nitrogens is 3. The van der Waals surface area contributed by atoms with Crippen LogP contribution in [0.2, 0.25) is 0 Å². The monoisotopic (exact) mass is 217 g/mol. The summed E-state index contributed by atoms with van der Waals surface area (Å²) < 4.78 is 1.90. The van der Waals surface area contributed by atoms with E-state index in [1.165, 1.54) is 24.1 Å². The van der Waals surface area contributed by atoms with Crippen LogP contribution in [0.4, 0.5) is 0 Å². The lowest BCUT2D eigenvalue weighted by Gasteiger charge is -2.09. The highest BCUT2D eigenvalue weighted by Gasteiger charge is 2.17. The number of fused-ring (bicyclic) bond motifs is 1. The zero-order valence-corrected chi connectivity index (χ0v) is 10.3. The Labute approximate surface area is 96.5 Å². The number of nitrogens with zero attached hydrogens (tertiary/aromatic N) is 3. The molecule has 0 saturated carbocycles. The Kier molecular flexibility index (Phi) is 3.22. The van der Waals surface area contributed by atoms with E-state index in [0.717, 1.165) is 12.1 Å². The first kappa shape index (κ1) is 11.1. The second kappa shape index (κ2) is 4.64. The van der Waals surface area contributed by atoms with Gasteiger partial charge >= 0.3 is 0 Å². The van der Waals surface area contributed by atoms with Crippen LogP contribution in [0, 0.1) is 0 Å². The van der Waals surface area contributed by atoms with Gasteiger partial charge in [-0.1, -0.05) is 27.2 Å². The van der Waals surface area contributed by atoms with Gasteiger partial charge in [-0.05, 0) is 24.8 Å². The third-order valence-electron chi connectivity index (χ3n) is 3.06. The van der Waals surface area contributed by atoms with Gasteiger partial charge in [0.2, 0.25) is 0 Å². The molecular formula is C13H19N3. The van der Waals surface area contributed by atoms with Gasteiger partial charge in [0.25, 0.3) is 0 Å². The molecule has 0 aromatic carbocycles. The smallest absolute Gasteiger partial charge is 0.158 e. The van der Waals surface area contributed by atoms with Gasteiger partial charge in [0.05, 0.1) is 5.69 Å². The molecule has 1 unspecified atom stereocenters. The number of aryl methyl sites for hydroxylation is 1. The van der Waals surface area contributed by atoms with Gasteiger partial charge in [0.1, 0.15) is 0 Å². The van der Waals surface area contributed by atoms with Crippen LogP contribution in [-0.4, -0.2) is 14.6 Å². The summed E-state index contributed by atoms with van der Waals surface area (Å²) in [6.45, 7) is 6.65. The van der Waals surface area contributed by atoms with Crippen molar-refractivity contribution in [3.05, 3.63) is 29.7 Å². The molecule has 1 atom stereocenters. The summed E-state index contributed by atoms with van der Waals surface area (Å²) in [5.41, 5.74) is 3.56. The van der Waals surface area contributed by atoms with Gasteiger partial charge < -0.3 is 0 Å². The van der Waals surface area contributed by atoms with Crippen molar-refractivity contribution in [2.45, 2.75) is 46.0 Å². The first-order valence-corrected chi connectivity index (χ1v) is 6.10. The van der Waals surface area contributed by atoms with Crippen molar-refractivity contribution in [3.63, 3.8) is 0 Å². The highest BCUT2D eigenvalue weighted by molar-refractivity contribution is 5.51. The molecular weight excluding hydrogens is 198 g/mol. The van der Waals surface area contributed by atoms with Gasteiger partial charge in [0, 0.05) is 18.0 Å². The molecule has 0 fully saturated rings. The summed E-state index contributed by atoms with van der Waals surface area (Å²) in [5, 5.41) is 4.59. The van der Waals surface area contributed by atoms with Crippen LogP contribution in [0.25, 0.3) is 5.65 Å². The quantitative estimate of drug-likeness (QED) is 0.787. The van der Waals surface area contributed by atoms with E-state index in [4.69, 9.17) is 0 Å². The van der Waals surface area contributed by atoms with Crippen molar-refractivity contribution < 1.29 is 0 Å². The summed E-state index contributed by atoms with van der Waals surface area (Å²) >= 11 is 0. The van der Waals surface area contributed by atoms with Gasteiger partial charge in [-0.25, -0.2) is 9.50 Å². The average molecular weight is 217 g/mol. The molecule has 3 nitrogen and oxygen atoms in total. The van der Waals surface area contributed by atoms with Crippen molar-refractivity contribution >= 4 is 5.65 Å². The molecule has 86 valence electrons. The van der Waals surface area contributed by atoms with Crippen LogP contribution < -0.4 is 0 Å². The lowest BCUT2D eigenvalue weighted by molar-refractivity contribution is 0.661. The van der Waals surface area contributed by atoms with E-state index in [0.29, 0.717) is 5.92 Å². The lowest BCUT2D eigenvalue weighted by atomic mass is 9.95. The maximum Gasteiger partial charge on any atom is 0.158 e. The third-order valence-corrected chi connectivity index (χ3v) is 3.06. The fourth-order valence-electron chi connectivity index (χ4n) is 2.29. The van der Waals surface area contributed by atoms with E-state index in [9.17, 15) is 0 Å². The zero-order chi connectivity index (χ0) is 11.5. The summed E-state index contributed by atoms with van der Waals surface area (Å²) in [4.78, 5) is 4.45. The molecule has 16 heavy (non-hydrogen) atoms. The Morgan fingerprint density at radius 2 is 2.19 bits per heavy atom. The third kappa shape index (κ3) is 1.82. The van der Waals surface area contributed by atoms with Crippen LogP contribution in [0.1, 0.15) is 50.8 Å². The molecule has 2 rings (SSSR count). The summed E-state index contributed by atoms with van der Waals surface area (Å²) in [5.74, 6) is 0.548. The van der Waals surface area contributed by atoms with Gasteiger partial charge in [0.15, 0.2) is 5.65 Å². The molecule has 0 spiro atoms. The summed E-state index contributed by atoms with van der Waals surface area (Å²) in [7, 11) is 0. The number of rotatable bonds is 4. The molecule has 2 aromatic heterocycles. The second-order valence-corrected chi connectivity index (χ2v) is 4.29. The molecule has 0 aliphatic rings. The van der Waals surface area contributed by atoms with Crippen LogP contribution in [-0.2, 0) is 6.42 Å². The Morgan fingerprint density at radius 1 is 1.38 bits per heavy atom. The van der Waals surface area contributed by atoms with Crippen molar-refractivity contribution in [1.29, 1.82) is 0 Å². The van der Waals surface area contributed by atoms with Crippen molar-refractivity contribution in [3.8, 4) is 0 Å². The minimum absolute atomic E-state index is 0.548. The topological polar surface area (TPSA) is 30.2 Å². The van der Waals surface area contributed by atoms with E-state index < -0.39 is 0 Å². The molecule has 0 aliphatic heterocycles. The maximum atomic E-state index is 4.59. The molecule has 0 radical (unpaired) electrons. The summed E-state index contributed by atoms with van der Waals surface area (Å²) in [6, 6.07) is 1.92. The predicted octanol–water partition coefficient (Wildman–Crippen LogP) is 3.20. The fourth-order valence-corrected chi connectivity index (χ4v) is 2.29. The Hall–Kier alpha value is -1.38. The minimum Gasteiger partial charge on any atom is -0.237 e. The van der Waals surface area contributed by atoms with Crippen LogP contribution >= 0.6 is 0 Å². The highest BCUT2D eigenvalue weighted by atomic mass is 15.2. The molecule has 0 bridgehead atoms. The van der Waals surface area contributed by atoms with E-state index in [1.54, 1.807) is 0 Å². The minimum atomic E-state index is 0.548. The van der Waals surface area contributed by atoms with Gasteiger partial charge in [-0.2, -0.15) is 5.10 Å². The zero-order valence-electron chi connectivity index (χ0n) is 10.3. The largest absolute Gasteiger partial charge is 0.237 e. The van der Waals surface area contributed by atoms with Crippen LogP contribution in [0.15, 0.2) is 18.5 Å². The normalized spacial score (nSPS) is 13.2. The van der Waals surface area contributed by atoms with Gasteiger partial charge in [-0.15, -0.1) is 0 Å². The van der Waals surface area contributed by atoms with E-state index in [1.807, 2.05) is 23.0 Å². The van der Waals surface area contributed by atoms with Crippen LogP contribution in [0.3, 0.4) is 0 Å². The Bertz CT molecular complexity index is 473. The molecule has 3 heteroatoms. The molecule has 0 saturated heterocycles. The van der Waals surface area contributed by atoms with Gasteiger partial charge in [-0.3, -0.25) is 0 Å². The Balaban J connectivity index is 2.55. The lowest BCUT2D eigenvalue weighted by Crippen LogP contribution is -1.97. The predicted molar refractivity (Wildman–Crippen MR) is 65.7 cm³/mol. The van der Waals surface area contributed by atoms with E-state index in [-0.39, 0.29) is 0 Å². The SMILES string of the molecule is CCCC(C)c1c(CC)nn2cccnc12. The highest BCUT2D eigenvalue weighted by Crippen LogP contribution is 2.27. The number of hydrogen-bond acceptors (Lipinski definition) is 2. The van der Waals surface area contributed by atoms with E-state index >= 15 is 0 Å². The molecule has 2 heterocycles. The standard InChI is InChI=1S/C13H19N3/c1-4-7-10(3)12-11(5-2)15-16-9-6-8-14-13(12)16/h6,8-10H,4-5,7H2,1-3H3. The molecule has 0 aliphatic carbocycles. The molecule has 2 aromatic rings. The van der Waals surface area contributed by atoms with Crippen molar-refractivity contribution in [1.82, 2.24) is 14.6 Å². The first-order chi connectivity index (χ1) is 7.77. The molecule has 0 amide bonds. The maximum absolute atomic E-state index is 4.59. The van der Waals surface area contributed by atoms with Crippen molar-refractivity contribution in [2.75, 3.05) is 0 Å². The fraction of sp³-hybridized carbons (Fsp3) is 0.538. The van der Waals surface area contributed by atoms with Crippen LogP contribution in [0.5, 0.6) is 0 Å².